The molecular weight excluding hydrogens is 658 g/mol. The smallest absolute Gasteiger partial charge is 0.244 e. The quantitative estimate of drug-likeness (QED) is 0.217. The molecule has 0 heterocycles. The summed E-state index contributed by atoms with van der Waals surface area (Å²) < 4.78 is 27.5. The molecule has 0 spiro atoms. The Morgan fingerprint density at radius 1 is 0.698 bits per heavy atom. The average molecular weight is 688 g/mol. The van der Waals surface area contributed by atoms with Crippen molar-refractivity contribution in [1.29, 1.82) is 0 Å². The molecule has 3 aromatic carbocycles. The number of nitrogens with zero attached hydrogens (tertiary/aromatic N) is 2. The van der Waals surface area contributed by atoms with Crippen molar-refractivity contribution in [3.8, 4) is 0 Å². The summed E-state index contributed by atoms with van der Waals surface area (Å²) in [6, 6.07) is 15.7. The van der Waals surface area contributed by atoms with Gasteiger partial charge < -0.3 is 15.5 Å². The van der Waals surface area contributed by atoms with E-state index in [0.717, 1.165) is 9.87 Å². The first-order valence-corrected chi connectivity index (χ1v) is 16.2. The van der Waals surface area contributed by atoms with Gasteiger partial charge in [-0.25, -0.2) is 8.42 Å². The summed E-state index contributed by atoms with van der Waals surface area (Å²) in [5, 5.41) is 6.23. The number of sulfonamides is 1. The van der Waals surface area contributed by atoms with Crippen LogP contribution in [0.15, 0.2) is 65.6 Å². The number of carbonyl (C=O) groups excluding carboxylic acids is 3. The van der Waals surface area contributed by atoms with Crippen LogP contribution in [-0.4, -0.2) is 61.5 Å². The largest absolute Gasteiger partial charge is 0.334 e. The zero-order valence-electron chi connectivity index (χ0n) is 23.4. The Kier molecular flexibility index (Phi) is 12.7. The van der Waals surface area contributed by atoms with Gasteiger partial charge in [0.2, 0.25) is 27.7 Å². The van der Waals surface area contributed by atoms with Gasteiger partial charge in [-0.15, -0.1) is 0 Å². The fraction of sp³-hybridized carbons (Fsp3) is 0.276. The van der Waals surface area contributed by atoms with Crippen molar-refractivity contribution in [3.05, 3.63) is 86.3 Å². The number of amides is 3. The van der Waals surface area contributed by atoms with E-state index in [1.165, 1.54) is 17.0 Å². The molecule has 3 aromatic rings. The first kappa shape index (κ1) is 34.6. The molecule has 0 radical (unpaired) electrons. The van der Waals surface area contributed by atoms with E-state index >= 15 is 0 Å². The normalized spacial score (nSPS) is 11.3. The molecule has 0 aliphatic rings. The number of aryl methyl sites for hydroxylation is 1. The van der Waals surface area contributed by atoms with Crippen molar-refractivity contribution in [2.24, 2.45) is 0 Å². The molecule has 0 aliphatic carbocycles. The predicted molar refractivity (Wildman–Crippen MR) is 172 cm³/mol. The topological polar surface area (TPSA) is 116 Å². The van der Waals surface area contributed by atoms with Gasteiger partial charge in [0, 0.05) is 19.5 Å². The van der Waals surface area contributed by atoms with E-state index in [1.807, 2.05) is 0 Å². The molecule has 0 fully saturated rings. The molecule has 0 aliphatic heterocycles. The number of nitrogens with one attached hydrogen (secondary N) is 2. The Bertz CT molecular complexity index is 1550. The van der Waals surface area contributed by atoms with Gasteiger partial charge in [-0.3, -0.25) is 14.4 Å². The minimum atomic E-state index is -4.00. The highest BCUT2D eigenvalue weighted by atomic mass is 35.5. The molecular formula is C29H30Cl4N4O5S. The lowest BCUT2D eigenvalue weighted by atomic mass is 10.1. The zero-order chi connectivity index (χ0) is 31.7. The predicted octanol–water partition coefficient (Wildman–Crippen LogP) is 6.37. The maximum Gasteiger partial charge on any atom is 0.244 e. The second-order valence-corrected chi connectivity index (χ2v) is 12.8. The van der Waals surface area contributed by atoms with E-state index in [9.17, 15) is 22.8 Å². The molecule has 0 saturated carbocycles. The van der Waals surface area contributed by atoms with Crippen molar-refractivity contribution in [3.63, 3.8) is 0 Å². The van der Waals surface area contributed by atoms with Gasteiger partial charge in [0.05, 0.1) is 49.5 Å². The third kappa shape index (κ3) is 9.31. The molecule has 3 amide bonds. The highest BCUT2D eigenvalue weighted by Gasteiger charge is 2.26. The fourth-order valence-corrected chi connectivity index (χ4v) is 6.44. The van der Waals surface area contributed by atoms with Gasteiger partial charge in [0.1, 0.15) is 0 Å². The second-order valence-electron chi connectivity index (χ2n) is 9.27. The van der Waals surface area contributed by atoms with Crippen LogP contribution in [0.25, 0.3) is 0 Å². The van der Waals surface area contributed by atoms with Gasteiger partial charge >= 0.3 is 0 Å². The molecule has 14 heteroatoms. The number of para-hydroxylation sites is 2. The van der Waals surface area contributed by atoms with Crippen LogP contribution in [0.4, 0.5) is 11.4 Å². The van der Waals surface area contributed by atoms with E-state index in [-0.39, 0.29) is 61.8 Å². The summed E-state index contributed by atoms with van der Waals surface area (Å²) in [7, 11) is -4.00. The maximum atomic E-state index is 13.2. The molecule has 0 saturated heterocycles. The van der Waals surface area contributed by atoms with Crippen LogP contribution in [0, 0.1) is 0 Å². The van der Waals surface area contributed by atoms with Crippen LogP contribution in [-0.2, 0) is 30.8 Å². The van der Waals surface area contributed by atoms with Crippen LogP contribution in [0.1, 0.15) is 25.8 Å². The number of rotatable bonds is 13. The summed E-state index contributed by atoms with van der Waals surface area (Å²) in [5.41, 5.74) is 1.21. The number of halogens is 4. The zero-order valence-corrected chi connectivity index (χ0v) is 27.2. The minimum Gasteiger partial charge on any atom is -0.334 e. The second kappa shape index (κ2) is 15.7. The third-order valence-corrected chi connectivity index (χ3v) is 9.58. The minimum absolute atomic E-state index is 0.00177. The lowest BCUT2D eigenvalue weighted by Crippen LogP contribution is -2.38. The van der Waals surface area contributed by atoms with Crippen LogP contribution in [0.2, 0.25) is 20.1 Å². The van der Waals surface area contributed by atoms with Crippen molar-refractivity contribution in [2.75, 3.05) is 36.8 Å². The number of carbonyl (C=O) groups is 3. The third-order valence-electron chi connectivity index (χ3n) is 6.38. The highest BCUT2D eigenvalue weighted by molar-refractivity contribution is 7.89. The van der Waals surface area contributed by atoms with Crippen molar-refractivity contribution >= 4 is 85.5 Å². The lowest BCUT2D eigenvalue weighted by Gasteiger charge is -2.21. The highest BCUT2D eigenvalue weighted by Crippen LogP contribution is 2.31. The summed E-state index contributed by atoms with van der Waals surface area (Å²) in [4.78, 5) is 39.4. The van der Waals surface area contributed by atoms with Gasteiger partial charge in [-0.2, -0.15) is 4.31 Å². The Labute approximate surface area is 271 Å². The summed E-state index contributed by atoms with van der Waals surface area (Å²) >= 11 is 24.4. The number of likely N-dealkylation sites (N-methyl/N-ethyl adjacent to an activating group) is 2. The molecule has 0 bridgehead atoms. The van der Waals surface area contributed by atoms with Crippen molar-refractivity contribution in [1.82, 2.24) is 9.21 Å². The van der Waals surface area contributed by atoms with E-state index < -0.39 is 28.4 Å². The summed E-state index contributed by atoms with van der Waals surface area (Å²) in [5.74, 6) is -1.29. The molecule has 0 aromatic heterocycles. The first-order chi connectivity index (χ1) is 20.4. The molecule has 2 N–H and O–H groups in total. The van der Waals surface area contributed by atoms with Crippen molar-refractivity contribution in [2.45, 2.75) is 31.6 Å². The SMILES string of the molecule is CCN(CC(=O)Nc1c(Cl)cccc1Cl)C(=O)CCc1ccc(S(=O)(=O)N(CC)CC(=O)Nc2c(Cl)cccc2Cl)cc1. The fourth-order valence-electron chi connectivity index (χ4n) is 4.06. The average Bonchev–Trinajstić information content (AvgIpc) is 2.97. The van der Waals surface area contributed by atoms with Gasteiger partial charge in [0.25, 0.3) is 0 Å². The standard InChI is InChI=1S/C29H30Cl4N4O5S/c1-3-36(17-25(38)34-28-21(30)7-5-8-22(28)31)27(40)16-13-19-11-14-20(15-12-19)43(41,42)37(4-2)18-26(39)35-29-23(32)9-6-10-24(29)33/h5-12,14-15H,3-4,13,16-18H2,1-2H3,(H,34,38)(H,35,39). The Morgan fingerprint density at radius 2 is 1.16 bits per heavy atom. The molecule has 0 unspecified atom stereocenters. The number of hydrogen-bond donors (Lipinski definition) is 2. The van der Waals surface area contributed by atoms with Gasteiger partial charge in [0.15, 0.2) is 0 Å². The number of benzene rings is 3. The Balaban J connectivity index is 1.58. The molecule has 0 atom stereocenters. The van der Waals surface area contributed by atoms with Crippen LogP contribution in [0.5, 0.6) is 0 Å². The van der Waals surface area contributed by atoms with E-state index in [0.29, 0.717) is 13.0 Å². The first-order valence-electron chi connectivity index (χ1n) is 13.2. The maximum absolute atomic E-state index is 13.2. The summed E-state index contributed by atoms with van der Waals surface area (Å²) in [6.07, 6.45) is 0.429. The lowest BCUT2D eigenvalue weighted by molar-refractivity contribution is -0.134. The van der Waals surface area contributed by atoms with E-state index in [2.05, 4.69) is 10.6 Å². The Hall–Kier alpha value is -2.86. The van der Waals surface area contributed by atoms with Crippen LogP contribution in [0.3, 0.4) is 0 Å². The number of hydrogen-bond acceptors (Lipinski definition) is 5. The summed E-state index contributed by atoms with van der Waals surface area (Å²) in [6.45, 7) is 3.11. The van der Waals surface area contributed by atoms with E-state index in [4.69, 9.17) is 46.4 Å². The van der Waals surface area contributed by atoms with Crippen molar-refractivity contribution < 1.29 is 22.8 Å². The Morgan fingerprint density at radius 3 is 1.60 bits per heavy atom. The molecule has 3 rings (SSSR count). The molecule has 230 valence electrons. The molecule has 9 nitrogen and oxygen atoms in total. The van der Waals surface area contributed by atoms with Crippen LogP contribution >= 0.6 is 46.4 Å². The monoisotopic (exact) mass is 686 g/mol. The van der Waals surface area contributed by atoms with Gasteiger partial charge in [-0.05, 0) is 55.3 Å². The van der Waals surface area contributed by atoms with Gasteiger partial charge in [-0.1, -0.05) is 77.6 Å². The van der Waals surface area contributed by atoms with E-state index in [1.54, 1.807) is 62.4 Å². The van der Waals surface area contributed by atoms with Crippen LogP contribution < -0.4 is 10.6 Å². The molecule has 43 heavy (non-hydrogen) atoms. The number of anilines is 2.